The van der Waals surface area contributed by atoms with Crippen LogP contribution in [0.3, 0.4) is 0 Å². The number of hydrogen-bond donors (Lipinski definition) is 1. The van der Waals surface area contributed by atoms with Crippen LogP contribution in [0.15, 0.2) is 0 Å². The molecular formula is C7H14O3. The Labute approximate surface area is 60.9 Å². The highest BCUT2D eigenvalue weighted by Crippen LogP contribution is 2.16. The monoisotopic (exact) mass is 146 g/mol. The maximum Gasteiger partial charge on any atom is 0.0855 e. The molecule has 0 aromatic rings. The largest absolute Gasteiger partial charge is 0.391 e. The molecule has 10 heavy (non-hydrogen) atoms. The summed E-state index contributed by atoms with van der Waals surface area (Å²) in [5, 5.41) is 9.12. The van der Waals surface area contributed by atoms with Crippen LogP contribution in [0.25, 0.3) is 0 Å². The lowest BCUT2D eigenvalue weighted by Crippen LogP contribution is -2.40. The number of methoxy groups -OCH3 is 1. The maximum atomic E-state index is 9.12. The minimum absolute atomic E-state index is 0.0590. The topological polar surface area (TPSA) is 38.7 Å². The second kappa shape index (κ2) is 3.32. The van der Waals surface area contributed by atoms with E-state index in [9.17, 15) is 0 Å². The van der Waals surface area contributed by atoms with Crippen molar-refractivity contribution in [2.24, 2.45) is 0 Å². The average molecular weight is 146 g/mol. The van der Waals surface area contributed by atoms with Gasteiger partial charge in [-0.2, -0.15) is 0 Å². The molecule has 1 aliphatic rings. The highest BCUT2D eigenvalue weighted by molar-refractivity contribution is 4.75. The third-order valence-electron chi connectivity index (χ3n) is 1.88. The van der Waals surface area contributed by atoms with Gasteiger partial charge >= 0.3 is 0 Å². The molecule has 1 heterocycles. The van der Waals surface area contributed by atoms with E-state index in [0.717, 1.165) is 0 Å². The second-order valence-electron chi connectivity index (χ2n) is 2.70. The lowest BCUT2D eigenvalue weighted by atomic mass is 10.1. The first kappa shape index (κ1) is 7.98. The van der Waals surface area contributed by atoms with Crippen molar-refractivity contribution in [2.45, 2.75) is 31.7 Å². The minimum atomic E-state index is -0.346. The molecular weight excluding hydrogens is 132 g/mol. The molecule has 1 saturated heterocycles. The summed E-state index contributed by atoms with van der Waals surface area (Å²) in [6, 6.07) is 0. The number of aliphatic hydroxyl groups excluding tert-OH is 1. The van der Waals surface area contributed by atoms with E-state index in [0.29, 0.717) is 13.0 Å². The Bertz CT molecular complexity index is 105. The first-order valence-electron chi connectivity index (χ1n) is 3.56. The fourth-order valence-electron chi connectivity index (χ4n) is 1.19. The third kappa shape index (κ3) is 1.68. The number of ether oxygens (including phenoxy) is 2. The van der Waals surface area contributed by atoms with Crippen LogP contribution in [-0.4, -0.2) is 37.1 Å². The Morgan fingerprint density at radius 2 is 2.30 bits per heavy atom. The summed E-state index contributed by atoms with van der Waals surface area (Å²) in [6.45, 7) is 2.40. The summed E-state index contributed by atoms with van der Waals surface area (Å²) in [7, 11) is 1.64. The van der Waals surface area contributed by atoms with Gasteiger partial charge in [-0.05, 0) is 6.92 Å². The van der Waals surface area contributed by atoms with Crippen LogP contribution in [0.2, 0.25) is 0 Å². The highest BCUT2D eigenvalue weighted by Gasteiger charge is 2.26. The molecule has 3 atom stereocenters. The van der Waals surface area contributed by atoms with Gasteiger partial charge in [-0.15, -0.1) is 0 Å². The van der Waals surface area contributed by atoms with Crippen molar-refractivity contribution >= 4 is 0 Å². The van der Waals surface area contributed by atoms with Crippen LogP contribution in [-0.2, 0) is 9.47 Å². The van der Waals surface area contributed by atoms with Gasteiger partial charge < -0.3 is 14.6 Å². The van der Waals surface area contributed by atoms with Crippen LogP contribution in [0.5, 0.6) is 0 Å². The molecule has 3 nitrogen and oxygen atoms in total. The predicted octanol–water partition coefficient (Wildman–Crippen LogP) is 0.171. The Hall–Kier alpha value is -0.120. The van der Waals surface area contributed by atoms with Gasteiger partial charge in [0.1, 0.15) is 0 Å². The zero-order chi connectivity index (χ0) is 7.56. The molecule has 1 aliphatic heterocycles. The van der Waals surface area contributed by atoms with Gasteiger partial charge in [0.2, 0.25) is 0 Å². The molecule has 0 unspecified atom stereocenters. The van der Waals surface area contributed by atoms with Gasteiger partial charge in [0.25, 0.3) is 0 Å². The standard InChI is InChI=1S/C7H14O3/c1-5-7(9-2)3-6(8)4-10-5/h5-8H,3-4H2,1-2H3/t5-,6-,7+/m1/s1. The fourth-order valence-corrected chi connectivity index (χ4v) is 1.19. The second-order valence-corrected chi connectivity index (χ2v) is 2.70. The zero-order valence-corrected chi connectivity index (χ0v) is 6.41. The zero-order valence-electron chi connectivity index (χ0n) is 6.41. The molecule has 1 rings (SSSR count). The van der Waals surface area contributed by atoms with Gasteiger partial charge in [-0.25, -0.2) is 0 Å². The number of hydrogen-bond acceptors (Lipinski definition) is 3. The maximum absolute atomic E-state index is 9.12. The van der Waals surface area contributed by atoms with Crippen LogP contribution in [0, 0.1) is 0 Å². The molecule has 1 N–H and O–H groups in total. The Balaban J connectivity index is 2.38. The van der Waals surface area contributed by atoms with E-state index in [-0.39, 0.29) is 18.3 Å². The molecule has 0 bridgehead atoms. The fraction of sp³-hybridized carbons (Fsp3) is 1.00. The molecule has 0 amide bonds. The van der Waals surface area contributed by atoms with Gasteiger partial charge in [0.15, 0.2) is 0 Å². The summed E-state index contributed by atoms with van der Waals surface area (Å²) in [6.07, 6.45) is 0.524. The van der Waals surface area contributed by atoms with Crippen LogP contribution in [0.4, 0.5) is 0 Å². The van der Waals surface area contributed by atoms with Gasteiger partial charge in [0, 0.05) is 13.5 Å². The van der Waals surface area contributed by atoms with Crippen molar-refractivity contribution in [1.29, 1.82) is 0 Å². The van der Waals surface area contributed by atoms with Crippen LogP contribution < -0.4 is 0 Å². The average Bonchev–Trinajstić information content (AvgIpc) is 1.94. The van der Waals surface area contributed by atoms with Crippen molar-refractivity contribution in [3.05, 3.63) is 0 Å². The first-order valence-corrected chi connectivity index (χ1v) is 3.56. The van der Waals surface area contributed by atoms with E-state index < -0.39 is 0 Å². The number of rotatable bonds is 1. The Kier molecular flexibility index (Phi) is 2.65. The summed E-state index contributed by atoms with van der Waals surface area (Å²) in [5.74, 6) is 0. The minimum Gasteiger partial charge on any atom is -0.391 e. The van der Waals surface area contributed by atoms with Crippen LogP contribution in [0.1, 0.15) is 13.3 Å². The quantitative estimate of drug-likeness (QED) is 0.573. The van der Waals surface area contributed by atoms with E-state index >= 15 is 0 Å². The van der Waals surface area contributed by atoms with Crippen molar-refractivity contribution < 1.29 is 14.6 Å². The van der Waals surface area contributed by atoms with Crippen LogP contribution >= 0.6 is 0 Å². The Morgan fingerprint density at radius 3 is 2.80 bits per heavy atom. The van der Waals surface area contributed by atoms with Gasteiger partial charge in [-0.1, -0.05) is 0 Å². The molecule has 0 aliphatic carbocycles. The molecule has 0 saturated carbocycles. The van der Waals surface area contributed by atoms with Crippen molar-refractivity contribution in [2.75, 3.05) is 13.7 Å². The highest BCUT2D eigenvalue weighted by atomic mass is 16.5. The molecule has 1 fully saturated rings. The molecule has 3 heteroatoms. The summed E-state index contributed by atoms with van der Waals surface area (Å²) >= 11 is 0. The first-order chi connectivity index (χ1) is 4.74. The molecule has 0 aromatic heterocycles. The predicted molar refractivity (Wildman–Crippen MR) is 36.8 cm³/mol. The van der Waals surface area contributed by atoms with E-state index in [1.807, 2.05) is 6.92 Å². The third-order valence-corrected chi connectivity index (χ3v) is 1.88. The van der Waals surface area contributed by atoms with E-state index in [1.54, 1.807) is 7.11 Å². The summed E-state index contributed by atoms with van der Waals surface area (Å²) in [5.41, 5.74) is 0. The van der Waals surface area contributed by atoms with Crippen molar-refractivity contribution in [1.82, 2.24) is 0 Å². The lowest BCUT2D eigenvalue weighted by molar-refractivity contribution is -0.127. The van der Waals surface area contributed by atoms with Crippen molar-refractivity contribution in [3.8, 4) is 0 Å². The molecule has 0 aromatic carbocycles. The number of aliphatic hydroxyl groups is 1. The van der Waals surface area contributed by atoms with Crippen molar-refractivity contribution in [3.63, 3.8) is 0 Å². The van der Waals surface area contributed by atoms with E-state index in [1.165, 1.54) is 0 Å². The van der Waals surface area contributed by atoms with E-state index in [4.69, 9.17) is 14.6 Å². The SMILES string of the molecule is CO[C@H]1C[C@@H](O)CO[C@@H]1C. The Morgan fingerprint density at radius 1 is 1.60 bits per heavy atom. The summed E-state index contributed by atoms with van der Waals surface area (Å²) in [4.78, 5) is 0. The molecule has 0 radical (unpaired) electrons. The lowest BCUT2D eigenvalue weighted by Gasteiger charge is -2.30. The van der Waals surface area contributed by atoms with E-state index in [2.05, 4.69) is 0 Å². The van der Waals surface area contributed by atoms with Gasteiger partial charge in [0.05, 0.1) is 24.9 Å². The smallest absolute Gasteiger partial charge is 0.0855 e. The molecule has 0 spiro atoms. The van der Waals surface area contributed by atoms with Gasteiger partial charge in [-0.3, -0.25) is 0 Å². The summed E-state index contributed by atoms with van der Waals surface area (Å²) < 4.78 is 10.3. The molecule has 60 valence electrons. The normalized spacial score (nSPS) is 41.7.